The van der Waals surface area contributed by atoms with Gasteiger partial charge in [0, 0.05) is 0 Å². The van der Waals surface area contributed by atoms with Gasteiger partial charge in [0.05, 0.1) is 0 Å². The summed E-state index contributed by atoms with van der Waals surface area (Å²) in [5.74, 6) is 4.39. The van der Waals surface area contributed by atoms with Gasteiger partial charge in [0.1, 0.15) is 0 Å². The molecule has 4 aliphatic rings. The molecule has 310 valence electrons. The molecular weight excluding hydrogens is 637 g/mol. The molecule has 0 aliphatic heterocycles. The minimum absolute atomic E-state index is 1.04. The number of aryl methyl sites for hydroxylation is 2. The van der Waals surface area contributed by atoms with E-state index in [9.17, 15) is 0 Å². The number of benzene rings is 3. The minimum atomic E-state index is 1.04. The van der Waals surface area contributed by atoms with Gasteiger partial charge in [-0.3, -0.25) is 0 Å². The summed E-state index contributed by atoms with van der Waals surface area (Å²) in [6.45, 7) is 32.9. The average molecular weight is 735 g/mol. The third-order valence-electron chi connectivity index (χ3n) is 9.85. The Morgan fingerprint density at radius 2 is 0.642 bits per heavy atom. The highest BCUT2D eigenvalue weighted by molar-refractivity contribution is 5.82. The summed E-state index contributed by atoms with van der Waals surface area (Å²) in [4.78, 5) is 0. The first-order chi connectivity index (χ1) is 26.0. The van der Waals surface area contributed by atoms with Crippen molar-refractivity contribution in [2.45, 2.75) is 220 Å². The molecule has 0 heterocycles. The molecule has 4 saturated carbocycles. The molecule has 3 aromatic rings. The van der Waals surface area contributed by atoms with Crippen LogP contribution in [0.2, 0.25) is 0 Å². The van der Waals surface area contributed by atoms with Crippen LogP contribution in [0.5, 0.6) is 0 Å². The summed E-state index contributed by atoms with van der Waals surface area (Å²) in [6.07, 6.45) is 25.7. The minimum Gasteiger partial charge on any atom is -0.0683 e. The molecule has 4 aliphatic carbocycles. The summed E-state index contributed by atoms with van der Waals surface area (Å²) >= 11 is 0. The highest BCUT2D eigenvalue weighted by Crippen LogP contribution is 2.40. The third kappa shape index (κ3) is 33.0. The number of hydrogen-bond donors (Lipinski definition) is 0. The number of hydrogen-bond acceptors (Lipinski definition) is 0. The van der Waals surface area contributed by atoms with Crippen LogP contribution in [0.3, 0.4) is 0 Å². The van der Waals surface area contributed by atoms with Crippen molar-refractivity contribution in [3.63, 3.8) is 0 Å². The van der Waals surface area contributed by atoms with Crippen molar-refractivity contribution in [1.29, 1.82) is 0 Å². The molecule has 0 spiro atoms. The normalized spacial score (nSPS) is 17.9. The third-order valence-corrected chi connectivity index (χ3v) is 9.85. The lowest BCUT2D eigenvalue weighted by Crippen LogP contribution is -2.22. The second kappa shape index (κ2) is 46.1. The maximum atomic E-state index is 2.36. The SMILES string of the molecule is C1CCC2CCCCC2C1.CC.CC.CC.CC.CC.CC.CC1CCCC1.CC1CCCCC1.Cc1ccc2ccccc2c1.Cc1ccccc1. The van der Waals surface area contributed by atoms with E-state index >= 15 is 0 Å². The molecule has 53 heavy (non-hydrogen) atoms. The monoisotopic (exact) mass is 735 g/mol. The van der Waals surface area contributed by atoms with Crippen LogP contribution in [-0.4, -0.2) is 0 Å². The van der Waals surface area contributed by atoms with E-state index in [4.69, 9.17) is 0 Å². The fourth-order valence-corrected chi connectivity index (χ4v) is 7.14. The second-order valence-electron chi connectivity index (χ2n) is 13.7. The van der Waals surface area contributed by atoms with E-state index in [1.807, 2.05) is 101 Å². The Morgan fingerprint density at radius 3 is 0.943 bits per heavy atom. The first kappa shape index (κ1) is 57.6. The Labute approximate surface area is 337 Å². The van der Waals surface area contributed by atoms with E-state index in [1.165, 1.54) is 105 Å². The van der Waals surface area contributed by atoms with Crippen molar-refractivity contribution in [2.75, 3.05) is 0 Å². The van der Waals surface area contributed by atoms with Crippen LogP contribution in [0.25, 0.3) is 10.8 Å². The van der Waals surface area contributed by atoms with Gasteiger partial charge in [0.15, 0.2) is 0 Å². The summed E-state index contributed by atoms with van der Waals surface area (Å²) in [6, 6.07) is 25.2. The molecule has 4 fully saturated rings. The summed E-state index contributed by atoms with van der Waals surface area (Å²) in [5.41, 5.74) is 2.64. The van der Waals surface area contributed by atoms with Gasteiger partial charge in [-0.15, -0.1) is 0 Å². The average Bonchev–Trinajstić information content (AvgIpc) is 3.74. The maximum Gasteiger partial charge on any atom is -0.0181 e. The van der Waals surface area contributed by atoms with Gasteiger partial charge in [-0.1, -0.05) is 290 Å². The van der Waals surface area contributed by atoms with Crippen LogP contribution in [0.1, 0.15) is 217 Å². The molecule has 3 aromatic carbocycles. The predicted molar refractivity (Wildman–Crippen MR) is 252 cm³/mol. The molecule has 0 heteroatoms. The molecule has 0 bridgehead atoms. The molecule has 0 N–H and O–H groups in total. The Kier molecular flexibility index (Phi) is 50.1. The summed E-state index contributed by atoms with van der Waals surface area (Å²) in [7, 11) is 0. The van der Waals surface area contributed by atoms with Gasteiger partial charge in [-0.25, -0.2) is 0 Å². The van der Waals surface area contributed by atoms with Crippen LogP contribution < -0.4 is 0 Å². The lowest BCUT2D eigenvalue weighted by molar-refractivity contribution is 0.171. The zero-order valence-electron chi connectivity index (χ0n) is 39.3. The van der Waals surface area contributed by atoms with Crippen molar-refractivity contribution < 1.29 is 0 Å². The van der Waals surface area contributed by atoms with Gasteiger partial charge < -0.3 is 0 Å². The van der Waals surface area contributed by atoms with Crippen LogP contribution in [-0.2, 0) is 0 Å². The first-order valence-corrected chi connectivity index (χ1v) is 23.5. The van der Waals surface area contributed by atoms with Crippen LogP contribution in [0.4, 0.5) is 0 Å². The smallest absolute Gasteiger partial charge is 0.0181 e. The van der Waals surface area contributed by atoms with Crippen molar-refractivity contribution in [3.05, 3.63) is 83.9 Å². The largest absolute Gasteiger partial charge is 0.0683 e. The molecule has 0 amide bonds. The zero-order chi connectivity index (χ0) is 41.1. The molecule has 0 unspecified atom stereocenters. The summed E-state index contributed by atoms with van der Waals surface area (Å²) in [5, 5.41) is 2.64. The van der Waals surface area contributed by atoms with Gasteiger partial charge in [-0.05, 0) is 48.3 Å². The molecule has 7 rings (SSSR count). The number of fused-ring (bicyclic) bond motifs is 2. The zero-order valence-corrected chi connectivity index (χ0v) is 39.3. The highest BCUT2D eigenvalue weighted by Gasteiger charge is 2.26. The Morgan fingerprint density at radius 1 is 0.321 bits per heavy atom. The van der Waals surface area contributed by atoms with Crippen LogP contribution >= 0.6 is 0 Å². The fourth-order valence-electron chi connectivity index (χ4n) is 7.14. The Hall–Kier alpha value is -2.08. The van der Waals surface area contributed by atoms with Crippen molar-refractivity contribution >= 4 is 10.8 Å². The van der Waals surface area contributed by atoms with Crippen molar-refractivity contribution in [2.24, 2.45) is 23.7 Å². The summed E-state index contributed by atoms with van der Waals surface area (Å²) < 4.78 is 0. The van der Waals surface area contributed by atoms with E-state index in [-0.39, 0.29) is 0 Å². The van der Waals surface area contributed by atoms with E-state index in [2.05, 4.69) is 82.3 Å². The van der Waals surface area contributed by atoms with E-state index in [0.717, 1.165) is 23.7 Å². The topological polar surface area (TPSA) is 0 Å². The molecule has 0 aromatic heterocycles. The Bertz CT molecular complexity index is 1010. The lowest BCUT2D eigenvalue weighted by atomic mass is 9.71. The molecule has 0 atom stereocenters. The predicted octanol–water partition coefficient (Wildman–Crippen LogP) is 19.5. The van der Waals surface area contributed by atoms with E-state index in [0.29, 0.717) is 0 Å². The highest BCUT2D eigenvalue weighted by atomic mass is 14.3. The van der Waals surface area contributed by atoms with Crippen molar-refractivity contribution in [1.82, 2.24) is 0 Å². The van der Waals surface area contributed by atoms with Crippen molar-refractivity contribution in [3.8, 4) is 0 Å². The quantitative estimate of drug-likeness (QED) is 0.216. The maximum absolute atomic E-state index is 2.36. The second-order valence-corrected chi connectivity index (χ2v) is 13.7. The fraction of sp³-hybridized carbons (Fsp3) is 0.698. The van der Waals surface area contributed by atoms with Gasteiger partial charge in [0.2, 0.25) is 0 Å². The lowest BCUT2D eigenvalue weighted by Gasteiger charge is -2.35. The molecule has 0 radical (unpaired) electrons. The number of rotatable bonds is 0. The van der Waals surface area contributed by atoms with Crippen LogP contribution in [0.15, 0.2) is 72.8 Å². The first-order valence-electron chi connectivity index (χ1n) is 23.5. The molecular formula is C53H98. The molecule has 0 nitrogen and oxygen atoms in total. The van der Waals surface area contributed by atoms with Gasteiger partial charge >= 0.3 is 0 Å². The van der Waals surface area contributed by atoms with E-state index in [1.54, 1.807) is 25.7 Å². The van der Waals surface area contributed by atoms with Gasteiger partial charge in [-0.2, -0.15) is 0 Å². The van der Waals surface area contributed by atoms with Gasteiger partial charge in [0.25, 0.3) is 0 Å². The molecule has 0 saturated heterocycles. The standard InChI is InChI=1S/C11H10.C10H18.C7H14.C7H8.C6H12.6C2H6/c1-9-6-7-10-4-2-3-5-11(10)8-9;1-2-6-10-8-4-3-7-9(10)5-1;2*1-7-5-3-2-4-6-7;1-6-4-2-3-5-6;6*1-2/h2-8H,1H3;9-10H,1-8H2;7H,2-6H2,1H3;2-6H,1H3;6H,2-5H2,1H3;6*1-2H3. The Balaban J connectivity index is -0.000000267. The van der Waals surface area contributed by atoms with Crippen LogP contribution in [0, 0.1) is 37.5 Å². The van der Waals surface area contributed by atoms with E-state index < -0.39 is 0 Å².